The largest absolute Gasteiger partial charge is 0.473 e. The van der Waals surface area contributed by atoms with Gasteiger partial charge in [-0.05, 0) is 18.1 Å². The highest BCUT2D eigenvalue weighted by Gasteiger charge is 2.39. The van der Waals surface area contributed by atoms with Gasteiger partial charge in [0.05, 0.1) is 0 Å². The van der Waals surface area contributed by atoms with E-state index in [-0.39, 0.29) is 5.17 Å². The second-order valence-electron chi connectivity index (χ2n) is 4.27. The molecule has 0 aromatic rings. The summed E-state index contributed by atoms with van der Waals surface area (Å²) in [6.07, 6.45) is 0.834. The number of rotatable bonds is 2. The normalized spacial score (nSPS) is 21.3. The van der Waals surface area contributed by atoms with Crippen molar-refractivity contribution >= 4 is 40.7 Å². The summed E-state index contributed by atoms with van der Waals surface area (Å²) < 4.78 is 36.7. The summed E-state index contributed by atoms with van der Waals surface area (Å²) in [7, 11) is 0. The number of allylic oxidation sites excluding steroid dienone is 2. The van der Waals surface area contributed by atoms with Gasteiger partial charge in [0.15, 0.2) is 5.17 Å². The fourth-order valence-corrected chi connectivity index (χ4v) is 2.84. The lowest BCUT2D eigenvalue weighted by atomic mass is 10.2. The van der Waals surface area contributed by atoms with E-state index in [1.165, 1.54) is 0 Å². The lowest BCUT2D eigenvalue weighted by Gasteiger charge is -2.18. The summed E-state index contributed by atoms with van der Waals surface area (Å²) in [6.45, 7) is 0.874. The van der Waals surface area contributed by atoms with Crippen LogP contribution in [0.1, 0.15) is 6.42 Å². The SMILES string of the molecule is O=C(/N=C1\SCCN1CC1=CCC=C(Cl)N=C1)C(F)(F)F. The Morgan fingerprint density at radius 1 is 1.48 bits per heavy atom. The molecule has 0 aliphatic carbocycles. The molecule has 0 unspecified atom stereocenters. The van der Waals surface area contributed by atoms with E-state index in [1.807, 2.05) is 6.08 Å². The van der Waals surface area contributed by atoms with Gasteiger partial charge in [-0.3, -0.25) is 4.79 Å². The Hall–Kier alpha value is -1.28. The number of hydrogen-bond donors (Lipinski definition) is 0. The Morgan fingerprint density at radius 2 is 2.24 bits per heavy atom. The molecule has 0 bridgehead atoms. The Labute approximate surface area is 128 Å². The Morgan fingerprint density at radius 3 is 2.95 bits per heavy atom. The van der Waals surface area contributed by atoms with Crippen LogP contribution < -0.4 is 0 Å². The van der Waals surface area contributed by atoms with E-state index in [0.717, 1.165) is 17.3 Å². The maximum Gasteiger partial charge on any atom is 0.473 e. The van der Waals surface area contributed by atoms with Crippen LogP contribution in [0.5, 0.6) is 0 Å². The molecule has 0 N–H and O–H groups in total. The third-order valence-corrected chi connectivity index (χ3v) is 3.94. The molecular weight excluding hydrogens is 327 g/mol. The molecule has 2 aliphatic rings. The fraction of sp³-hybridized carbons (Fsp3) is 0.417. The third-order valence-electron chi connectivity index (χ3n) is 2.70. The molecule has 2 heterocycles. The van der Waals surface area contributed by atoms with E-state index in [9.17, 15) is 18.0 Å². The smallest absolute Gasteiger partial charge is 0.346 e. The first-order valence-electron chi connectivity index (χ1n) is 6.02. The van der Waals surface area contributed by atoms with Crippen molar-refractivity contribution < 1.29 is 18.0 Å². The quantitative estimate of drug-likeness (QED) is 0.728. The van der Waals surface area contributed by atoms with Crippen molar-refractivity contribution in [3.8, 4) is 0 Å². The number of carbonyl (C=O) groups excluding carboxylic acids is 1. The molecule has 2 rings (SSSR count). The van der Waals surface area contributed by atoms with Crippen LogP contribution in [0.25, 0.3) is 0 Å². The average Bonchev–Trinajstić information content (AvgIpc) is 2.71. The first-order valence-corrected chi connectivity index (χ1v) is 7.39. The number of amidine groups is 1. The number of halogens is 4. The van der Waals surface area contributed by atoms with Gasteiger partial charge < -0.3 is 4.90 Å². The number of carbonyl (C=O) groups is 1. The molecule has 4 nitrogen and oxygen atoms in total. The van der Waals surface area contributed by atoms with Crippen molar-refractivity contribution in [2.75, 3.05) is 18.8 Å². The minimum Gasteiger partial charge on any atom is -0.346 e. The Bertz CT molecular complexity index is 554. The first kappa shape index (κ1) is 16.1. The Balaban J connectivity index is 2.06. The van der Waals surface area contributed by atoms with Crippen molar-refractivity contribution in [3.05, 3.63) is 22.9 Å². The summed E-state index contributed by atoms with van der Waals surface area (Å²) in [5, 5.41) is 0.466. The fourth-order valence-electron chi connectivity index (χ4n) is 1.72. The van der Waals surface area contributed by atoms with E-state index in [0.29, 0.717) is 30.4 Å². The van der Waals surface area contributed by atoms with E-state index in [1.54, 1.807) is 17.2 Å². The monoisotopic (exact) mass is 337 g/mol. The maximum absolute atomic E-state index is 12.2. The number of nitrogens with zero attached hydrogens (tertiary/aromatic N) is 3. The molecule has 1 saturated heterocycles. The van der Waals surface area contributed by atoms with Crippen LogP contribution in [0.4, 0.5) is 13.2 Å². The highest BCUT2D eigenvalue weighted by atomic mass is 35.5. The molecule has 0 radical (unpaired) electrons. The predicted octanol–water partition coefficient (Wildman–Crippen LogP) is 2.96. The van der Waals surface area contributed by atoms with Gasteiger partial charge in [-0.25, -0.2) is 4.99 Å². The Kier molecular flexibility index (Phi) is 5.10. The zero-order valence-corrected chi connectivity index (χ0v) is 12.3. The minimum atomic E-state index is -4.94. The molecule has 0 aromatic heterocycles. The van der Waals surface area contributed by atoms with Crippen molar-refractivity contribution in [2.45, 2.75) is 12.6 Å². The van der Waals surface area contributed by atoms with E-state index in [4.69, 9.17) is 11.6 Å². The number of aliphatic imine (C=N–C) groups is 2. The molecule has 21 heavy (non-hydrogen) atoms. The average molecular weight is 338 g/mol. The van der Waals surface area contributed by atoms with E-state index in [2.05, 4.69) is 9.98 Å². The summed E-state index contributed by atoms with van der Waals surface area (Å²) in [5.41, 5.74) is 0.816. The van der Waals surface area contributed by atoms with Crippen LogP contribution in [-0.4, -0.2) is 47.2 Å². The van der Waals surface area contributed by atoms with Crippen LogP contribution >= 0.6 is 23.4 Å². The predicted molar refractivity (Wildman–Crippen MR) is 77.7 cm³/mol. The molecule has 0 spiro atoms. The van der Waals surface area contributed by atoms with Gasteiger partial charge in [-0.2, -0.15) is 18.2 Å². The zero-order chi connectivity index (χ0) is 15.5. The second kappa shape index (κ2) is 6.65. The van der Waals surface area contributed by atoms with Crippen LogP contribution in [0.15, 0.2) is 32.9 Å². The van der Waals surface area contributed by atoms with Crippen molar-refractivity contribution in [1.82, 2.24) is 4.90 Å². The van der Waals surface area contributed by atoms with Crippen LogP contribution in [0.2, 0.25) is 0 Å². The molecule has 0 aromatic carbocycles. The van der Waals surface area contributed by atoms with Crippen LogP contribution in [0, 0.1) is 0 Å². The molecular formula is C12H11ClF3N3OS. The second-order valence-corrected chi connectivity index (χ2v) is 5.72. The van der Waals surface area contributed by atoms with Crippen LogP contribution in [0.3, 0.4) is 0 Å². The molecule has 1 amide bonds. The van der Waals surface area contributed by atoms with Gasteiger partial charge in [0.1, 0.15) is 5.16 Å². The van der Waals surface area contributed by atoms with Gasteiger partial charge >= 0.3 is 12.1 Å². The van der Waals surface area contributed by atoms with Crippen molar-refractivity contribution in [3.63, 3.8) is 0 Å². The highest BCUT2D eigenvalue weighted by Crippen LogP contribution is 2.23. The summed E-state index contributed by atoms with van der Waals surface area (Å²) in [4.78, 5) is 19.7. The topological polar surface area (TPSA) is 45.0 Å². The summed E-state index contributed by atoms with van der Waals surface area (Å²) >= 11 is 6.90. The highest BCUT2D eigenvalue weighted by molar-refractivity contribution is 8.14. The number of alkyl halides is 3. The first-order chi connectivity index (χ1) is 9.86. The molecule has 2 aliphatic heterocycles. The standard InChI is InChI=1S/C12H11ClF3N3OS/c13-9-3-1-2-8(6-17-9)7-19-4-5-21-11(19)18-10(20)12(14,15)16/h2-3,6H,1,4-5,7H2/b18-11-. The van der Waals surface area contributed by atoms with Crippen LogP contribution in [-0.2, 0) is 4.79 Å². The van der Waals surface area contributed by atoms with Crippen molar-refractivity contribution in [2.24, 2.45) is 9.98 Å². The summed E-state index contributed by atoms with van der Waals surface area (Å²) in [5.74, 6) is -1.49. The maximum atomic E-state index is 12.2. The number of amides is 1. The lowest BCUT2D eigenvalue weighted by Crippen LogP contribution is -2.30. The van der Waals surface area contributed by atoms with E-state index >= 15 is 0 Å². The molecule has 9 heteroatoms. The van der Waals surface area contributed by atoms with Gasteiger partial charge in [-0.1, -0.05) is 29.4 Å². The number of thioether (sulfide) groups is 1. The minimum absolute atomic E-state index is 0.0925. The summed E-state index contributed by atoms with van der Waals surface area (Å²) in [6, 6.07) is 0. The lowest BCUT2D eigenvalue weighted by molar-refractivity contribution is -0.169. The third kappa shape index (κ3) is 4.60. The zero-order valence-electron chi connectivity index (χ0n) is 10.7. The van der Waals surface area contributed by atoms with Gasteiger partial charge in [0.2, 0.25) is 0 Å². The number of hydrogen-bond acceptors (Lipinski definition) is 3. The molecule has 0 saturated carbocycles. The van der Waals surface area contributed by atoms with Gasteiger partial charge in [0.25, 0.3) is 0 Å². The molecule has 0 atom stereocenters. The van der Waals surface area contributed by atoms with E-state index < -0.39 is 12.1 Å². The van der Waals surface area contributed by atoms with Gasteiger partial charge in [-0.15, -0.1) is 0 Å². The molecule has 114 valence electrons. The van der Waals surface area contributed by atoms with Crippen molar-refractivity contribution in [1.29, 1.82) is 0 Å². The van der Waals surface area contributed by atoms with Gasteiger partial charge in [0, 0.05) is 25.1 Å². The molecule has 1 fully saturated rings.